The maximum absolute atomic E-state index is 11.9. The maximum atomic E-state index is 11.9. The molecule has 0 aromatic heterocycles. The Bertz CT molecular complexity index is 656. The van der Waals surface area contributed by atoms with Crippen molar-refractivity contribution in [1.29, 1.82) is 0 Å². The molecule has 3 aliphatic rings. The Morgan fingerprint density at radius 2 is 1.95 bits per heavy atom. The molecule has 0 spiro atoms. The number of carbonyl (C=O) groups excluding carboxylic acids is 1. The average molecular weight is 285 g/mol. The zero-order valence-corrected chi connectivity index (χ0v) is 11.5. The molecule has 0 saturated heterocycles. The van der Waals surface area contributed by atoms with Gasteiger partial charge in [0, 0.05) is 5.92 Å². The zero-order chi connectivity index (χ0) is 14.2. The van der Waals surface area contributed by atoms with Crippen molar-refractivity contribution in [3.63, 3.8) is 0 Å². The first-order chi connectivity index (χ1) is 10.3. The van der Waals surface area contributed by atoms with Crippen molar-refractivity contribution in [1.82, 2.24) is 0 Å². The van der Waals surface area contributed by atoms with Crippen molar-refractivity contribution in [2.75, 3.05) is 6.79 Å². The predicted octanol–water partition coefficient (Wildman–Crippen LogP) is 2.90. The fourth-order valence-electron chi connectivity index (χ4n) is 2.93. The van der Waals surface area contributed by atoms with Gasteiger partial charge in [-0.3, -0.25) is 0 Å². The highest BCUT2D eigenvalue weighted by atomic mass is 16.7. The highest BCUT2D eigenvalue weighted by Gasteiger charge is 2.31. The Morgan fingerprint density at radius 1 is 1.14 bits per heavy atom. The van der Waals surface area contributed by atoms with E-state index >= 15 is 0 Å². The Balaban J connectivity index is 1.61. The molecule has 0 bridgehead atoms. The number of hydrogen-bond donors (Lipinski definition) is 0. The molecule has 0 N–H and O–H groups in total. The molecule has 1 aromatic rings. The highest BCUT2D eigenvalue weighted by molar-refractivity contribution is 6.07. The quantitative estimate of drug-likeness (QED) is 0.619. The van der Waals surface area contributed by atoms with Crippen LogP contribution >= 0.6 is 0 Å². The highest BCUT2D eigenvalue weighted by Crippen LogP contribution is 2.34. The number of benzene rings is 1. The van der Waals surface area contributed by atoms with E-state index in [0.29, 0.717) is 23.3 Å². The van der Waals surface area contributed by atoms with Gasteiger partial charge in [0.1, 0.15) is 0 Å². The Morgan fingerprint density at radius 3 is 2.81 bits per heavy atom. The topological polar surface area (TPSA) is 57.1 Å². The van der Waals surface area contributed by atoms with E-state index < -0.39 is 0 Å². The molecule has 2 heterocycles. The van der Waals surface area contributed by atoms with Crippen molar-refractivity contribution in [2.45, 2.75) is 25.7 Å². The third-order valence-corrected chi connectivity index (χ3v) is 4.04. The standard InChI is InChI=1S/C16H15NO4/c18-16-12(17-15(21-16)11-3-1-2-4-11)7-10-5-6-13-14(8-10)20-9-19-13/h5-8,11H,1-4,9H2/b12-7+. The molecule has 1 aromatic carbocycles. The van der Waals surface area contributed by atoms with Gasteiger partial charge in [0.15, 0.2) is 17.2 Å². The molecule has 21 heavy (non-hydrogen) atoms. The van der Waals surface area contributed by atoms with E-state index in [1.165, 1.54) is 12.8 Å². The number of hydrogen-bond acceptors (Lipinski definition) is 5. The number of carbonyl (C=O) groups is 1. The maximum Gasteiger partial charge on any atom is 0.363 e. The van der Waals surface area contributed by atoms with Crippen molar-refractivity contribution in [3.05, 3.63) is 29.5 Å². The first-order valence-corrected chi connectivity index (χ1v) is 7.22. The van der Waals surface area contributed by atoms with Gasteiger partial charge in [0.25, 0.3) is 0 Å². The molecule has 0 unspecified atom stereocenters. The van der Waals surface area contributed by atoms with Crippen LogP contribution in [0.4, 0.5) is 0 Å². The van der Waals surface area contributed by atoms with E-state index in [1.54, 1.807) is 6.08 Å². The number of esters is 1. The minimum atomic E-state index is -0.366. The molecule has 0 radical (unpaired) electrons. The van der Waals surface area contributed by atoms with Gasteiger partial charge in [-0.1, -0.05) is 18.9 Å². The Labute approximate surface area is 122 Å². The van der Waals surface area contributed by atoms with Crippen LogP contribution in [0.5, 0.6) is 11.5 Å². The SMILES string of the molecule is O=C1OC(C2CCCC2)=N/C1=C/c1ccc2c(c1)OCO2. The van der Waals surface area contributed by atoms with Gasteiger partial charge in [0.05, 0.1) is 0 Å². The first-order valence-electron chi connectivity index (χ1n) is 7.22. The van der Waals surface area contributed by atoms with E-state index in [-0.39, 0.29) is 12.8 Å². The van der Waals surface area contributed by atoms with Gasteiger partial charge in [-0.25, -0.2) is 9.79 Å². The second kappa shape index (κ2) is 4.91. The van der Waals surface area contributed by atoms with Crippen LogP contribution in [0.15, 0.2) is 28.9 Å². The van der Waals surface area contributed by atoms with Crippen molar-refractivity contribution in [2.24, 2.45) is 10.9 Å². The Hall–Kier alpha value is -2.30. The number of aliphatic imine (C=N–C) groups is 1. The lowest BCUT2D eigenvalue weighted by Gasteiger charge is -2.05. The minimum Gasteiger partial charge on any atom is -0.454 e. The Kier molecular flexibility index (Phi) is 2.91. The smallest absolute Gasteiger partial charge is 0.363 e. The lowest BCUT2D eigenvalue weighted by Crippen LogP contribution is -2.12. The van der Waals surface area contributed by atoms with E-state index in [2.05, 4.69) is 4.99 Å². The first kappa shape index (κ1) is 12.4. The second-order valence-electron chi connectivity index (χ2n) is 5.46. The molecule has 1 aliphatic carbocycles. The van der Waals surface area contributed by atoms with Crippen LogP contribution in [0.2, 0.25) is 0 Å². The lowest BCUT2D eigenvalue weighted by molar-refractivity contribution is -0.130. The second-order valence-corrected chi connectivity index (χ2v) is 5.46. The summed E-state index contributed by atoms with van der Waals surface area (Å²) in [6.07, 6.45) is 6.21. The van der Waals surface area contributed by atoms with Crippen molar-refractivity contribution in [3.8, 4) is 11.5 Å². The summed E-state index contributed by atoms with van der Waals surface area (Å²) in [5.41, 5.74) is 1.21. The summed E-state index contributed by atoms with van der Waals surface area (Å²) in [5.74, 6) is 1.94. The number of rotatable bonds is 2. The fraction of sp³-hybridized carbons (Fsp3) is 0.375. The van der Waals surface area contributed by atoms with Crippen LogP contribution in [0, 0.1) is 5.92 Å². The van der Waals surface area contributed by atoms with Gasteiger partial charge < -0.3 is 14.2 Å². The number of nitrogens with zero attached hydrogens (tertiary/aromatic N) is 1. The van der Waals surface area contributed by atoms with Gasteiger partial charge in [-0.2, -0.15) is 0 Å². The van der Waals surface area contributed by atoms with Gasteiger partial charge >= 0.3 is 5.97 Å². The van der Waals surface area contributed by atoms with Gasteiger partial charge in [0.2, 0.25) is 12.7 Å². The third-order valence-electron chi connectivity index (χ3n) is 4.04. The molecule has 5 heteroatoms. The average Bonchev–Trinajstić information content (AvgIpc) is 3.20. The summed E-state index contributed by atoms with van der Waals surface area (Å²) in [4.78, 5) is 16.3. The van der Waals surface area contributed by atoms with Crippen LogP contribution < -0.4 is 9.47 Å². The van der Waals surface area contributed by atoms with Crippen LogP contribution in [-0.2, 0) is 9.53 Å². The predicted molar refractivity (Wildman–Crippen MR) is 76.0 cm³/mol. The van der Waals surface area contributed by atoms with Crippen LogP contribution in [0.1, 0.15) is 31.2 Å². The van der Waals surface area contributed by atoms with E-state index in [9.17, 15) is 4.79 Å². The molecule has 5 nitrogen and oxygen atoms in total. The molecule has 1 fully saturated rings. The van der Waals surface area contributed by atoms with E-state index in [1.807, 2.05) is 18.2 Å². The largest absolute Gasteiger partial charge is 0.454 e. The molecule has 0 amide bonds. The number of fused-ring (bicyclic) bond motifs is 1. The molecule has 108 valence electrons. The van der Waals surface area contributed by atoms with Crippen LogP contribution in [0.3, 0.4) is 0 Å². The number of cyclic esters (lactones) is 1. The van der Waals surface area contributed by atoms with Crippen molar-refractivity contribution < 1.29 is 19.0 Å². The van der Waals surface area contributed by atoms with Gasteiger partial charge in [-0.15, -0.1) is 0 Å². The summed E-state index contributed by atoms with van der Waals surface area (Å²) in [7, 11) is 0. The molecular weight excluding hydrogens is 270 g/mol. The normalized spacial score (nSPS) is 22.8. The number of ether oxygens (including phenoxy) is 3. The van der Waals surface area contributed by atoms with Crippen LogP contribution in [-0.4, -0.2) is 18.7 Å². The molecular formula is C16H15NO4. The summed E-state index contributed by atoms with van der Waals surface area (Å²) in [6.45, 7) is 0.237. The van der Waals surface area contributed by atoms with Crippen molar-refractivity contribution >= 4 is 17.9 Å². The molecule has 2 aliphatic heterocycles. The van der Waals surface area contributed by atoms with E-state index in [4.69, 9.17) is 14.2 Å². The zero-order valence-electron chi connectivity index (χ0n) is 11.5. The lowest BCUT2D eigenvalue weighted by atomic mass is 10.1. The third kappa shape index (κ3) is 2.28. The molecule has 4 rings (SSSR count). The fourth-order valence-corrected chi connectivity index (χ4v) is 2.93. The summed E-state index contributed by atoms with van der Waals surface area (Å²) in [6, 6.07) is 5.54. The summed E-state index contributed by atoms with van der Waals surface area (Å²) in [5, 5.41) is 0. The monoisotopic (exact) mass is 285 g/mol. The summed E-state index contributed by atoms with van der Waals surface area (Å²) < 4.78 is 15.9. The summed E-state index contributed by atoms with van der Waals surface area (Å²) >= 11 is 0. The van der Waals surface area contributed by atoms with Crippen LogP contribution in [0.25, 0.3) is 6.08 Å². The molecule has 1 saturated carbocycles. The van der Waals surface area contributed by atoms with E-state index in [0.717, 1.165) is 24.2 Å². The minimum absolute atomic E-state index is 0.237. The molecule has 0 atom stereocenters. The van der Waals surface area contributed by atoms with Gasteiger partial charge in [-0.05, 0) is 36.6 Å².